The molecule has 0 N–H and O–H groups in total. The van der Waals surface area contributed by atoms with Gasteiger partial charge in [0.2, 0.25) is 0 Å². The lowest BCUT2D eigenvalue weighted by molar-refractivity contribution is 0.617. The van der Waals surface area contributed by atoms with Crippen LogP contribution in [0.25, 0.3) is 88.4 Å². The van der Waals surface area contributed by atoms with Crippen molar-refractivity contribution in [1.82, 2.24) is 4.48 Å². The summed E-state index contributed by atoms with van der Waals surface area (Å²) in [7, 11) is 0. The molecule has 338 valence electrons. The first-order valence-electron chi connectivity index (χ1n) is 24.8. The van der Waals surface area contributed by atoms with Gasteiger partial charge in [-0.2, -0.15) is 0 Å². The third-order valence-corrected chi connectivity index (χ3v) is 15.9. The summed E-state index contributed by atoms with van der Waals surface area (Å²) >= 11 is 0. The fourth-order valence-electron chi connectivity index (χ4n) is 13.3. The minimum Gasteiger partial charge on any atom is -0.464 e. The molecule has 9 aromatic carbocycles. The standard InChI is InChI=1S/C66H55BN2O/c1-36-27-42(7)61(43(8)28-36)47-19-23-56-52(31-47)53-32-50(62-44(9)29-37(2)30-45(62)10)33-54-63-64-58(35-49-25-26-70-66(49)63)68(51-21-17-46(18-22-51)59-38(3)13-11-14-39(59)4)57-24-20-48(60-40(5)15-12-16-41(60)6)34-55(57)67(64)69(56)65(53)54/h11-35H,1-10H3. The van der Waals surface area contributed by atoms with Crippen LogP contribution in [0.15, 0.2) is 156 Å². The molecule has 2 aromatic heterocycles. The molecule has 70 heavy (non-hydrogen) atoms. The highest BCUT2D eigenvalue weighted by Gasteiger charge is 2.44. The van der Waals surface area contributed by atoms with Gasteiger partial charge in [-0.3, -0.25) is 0 Å². The van der Waals surface area contributed by atoms with Gasteiger partial charge in [0, 0.05) is 55.4 Å². The Balaban J connectivity index is 1.17. The number of benzene rings is 9. The van der Waals surface area contributed by atoms with Crippen molar-refractivity contribution < 1.29 is 4.42 Å². The number of aryl methyl sites for hydroxylation is 10. The monoisotopic (exact) mass is 902 g/mol. The van der Waals surface area contributed by atoms with E-state index in [-0.39, 0.29) is 6.85 Å². The van der Waals surface area contributed by atoms with Crippen molar-refractivity contribution in [2.24, 2.45) is 0 Å². The summed E-state index contributed by atoms with van der Waals surface area (Å²) in [4.78, 5) is 2.53. The number of fused-ring (bicyclic) bond motifs is 9. The van der Waals surface area contributed by atoms with Gasteiger partial charge in [0.05, 0.1) is 6.26 Å². The van der Waals surface area contributed by atoms with E-state index >= 15 is 0 Å². The Kier molecular flexibility index (Phi) is 9.27. The summed E-state index contributed by atoms with van der Waals surface area (Å²) in [6, 6.07) is 55.9. The van der Waals surface area contributed by atoms with Crippen molar-refractivity contribution in [2.75, 3.05) is 4.90 Å². The zero-order valence-corrected chi connectivity index (χ0v) is 41.8. The molecule has 11 aromatic rings. The second-order valence-corrected chi connectivity index (χ2v) is 20.7. The molecule has 4 heteroatoms. The lowest BCUT2D eigenvalue weighted by Gasteiger charge is -2.41. The van der Waals surface area contributed by atoms with Gasteiger partial charge >= 0.3 is 6.85 Å². The van der Waals surface area contributed by atoms with E-state index in [1.807, 2.05) is 6.26 Å². The van der Waals surface area contributed by atoms with Crippen LogP contribution >= 0.6 is 0 Å². The van der Waals surface area contributed by atoms with Crippen LogP contribution in [0.3, 0.4) is 0 Å². The van der Waals surface area contributed by atoms with Crippen molar-refractivity contribution in [3.63, 3.8) is 0 Å². The van der Waals surface area contributed by atoms with Gasteiger partial charge in [-0.1, -0.05) is 102 Å². The molecule has 0 saturated heterocycles. The molecule has 0 spiro atoms. The zero-order valence-electron chi connectivity index (χ0n) is 41.8. The van der Waals surface area contributed by atoms with E-state index in [2.05, 4.69) is 224 Å². The second-order valence-electron chi connectivity index (χ2n) is 20.7. The average molecular weight is 903 g/mol. The Hall–Kier alpha value is -7.82. The second kappa shape index (κ2) is 15.3. The SMILES string of the molecule is Cc1cc(C)c(-c2ccc3c(c2)c2cc(-c4c(C)cc(C)cc4C)cc4c2n3B2c3cc(-c5c(C)cccc5C)ccc3N(c3ccc(-c5c(C)cccc5C)cc3)c3cc5ccoc5c-4c32)c(C)c1. The Labute approximate surface area is 411 Å². The topological polar surface area (TPSA) is 21.3 Å². The van der Waals surface area contributed by atoms with E-state index in [1.165, 1.54) is 155 Å². The van der Waals surface area contributed by atoms with Crippen LogP contribution < -0.4 is 15.8 Å². The van der Waals surface area contributed by atoms with Crippen LogP contribution in [0.5, 0.6) is 0 Å². The number of anilines is 3. The van der Waals surface area contributed by atoms with Crippen LogP contribution in [-0.4, -0.2) is 11.3 Å². The van der Waals surface area contributed by atoms with Crippen LogP contribution in [-0.2, 0) is 0 Å². The quantitative estimate of drug-likeness (QED) is 0.161. The third kappa shape index (κ3) is 6.08. The first-order chi connectivity index (χ1) is 33.8. The summed E-state index contributed by atoms with van der Waals surface area (Å²) in [6.45, 7) is 22.3. The molecule has 0 amide bonds. The summed E-state index contributed by atoms with van der Waals surface area (Å²) in [6.07, 6.45) is 1.88. The van der Waals surface area contributed by atoms with Gasteiger partial charge in [-0.25, -0.2) is 0 Å². The van der Waals surface area contributed by atoms with Crippen LogP contribution in [0.2, 0.25) is 0 Å². The maximum Gasteiger partial charge on any atom is 0.333 e. The summed E-state index contributed by atoms with van der Waals surface area (Å²) in [5.41, 5.74) is 34.8. The Morgan fingerprint density at radius 3 is 1.57 bits per heavy atom. The third-order valence-electron chi connectivity index (χ3n) is 15.9. The summed E-state index contributed by atoms with van der Waals surface area (Å²) in [5, 5.41) is 3.62. The molecule has 3 nitrogen and oxygen atoms in total. The molecule has 13 rings (SSSR count). The number of nitrogens with zero attached hydrogens (tertiary/aromatic N) is 2. The molecule has 0 aliphatic carbocycles. The number of hydrogen-bond acceptors (Lipinski definition) is 2. The Morgan fingerprint density at radius 1 is 0.414 bits per heavy atom. The largest absolute Gasteiger partial charge is 0.464 e. The molecule has 0 fully saturated rings. The first-order valence-corrected chi connectivity index (χ1v) is 24.8. The summed E-state index contributed by atoms with van der Waals surface area (Å²) in [5.74, 6) is 0. The van der Waals surface area contributed by atoms with E-state index in [0.29, 0.717) is 0 Å². The lowest BCUT2D eigenvalue weighted by atomic mass is 9.44. The van der Waals surface area contributed by atoms with Crippen LogP contribution in [0, 0.1) is 69.2 Å². The normalized spacial score (nSPS) is 12.7. The maximum absolute atomic E-state index is 6.74. The first kappa shape index (κ1) is 42.3. The fraction of sp³-hybridized carbons (Fsp3) is 0.152. The molecule has 0 bridgehead atoms. The minimum atomic E-state index is -0.154. The fourth-order valence-corrected chi connectivity index (χ4v) is 13.3. The van der Waals surface area contributed by atoms with Crippen molar-refractivity contribution >= 4 is 67.6 Å². The zero-order chi connectivity index (χ0) is 48.0. The molecule has 0 atom stereocenters. The van der Waals surface area contributed by atoms with E-state index in [1.54, 1.807) is 0 Å². The van der Waals surface area contributed by atoms with Crippen molar-refractivity contribution in [1.29, 1.82) is 0 Å². The Bertz CT molecular complexity index is 3980. The molecule has 2 aliphatic rings. The van der Waals surface area contributed by atoms with Crippen molar-refractivity contribution in [3.8, 4) is 55.6 Å². The molecule has 2 aliphatic heterocycles. The number of rotatable bonds is 5. The van der Waals surface area contributed by atoms with Crippen LogP contribution in [0.1, 0.15) is 55.6 Å². The molecule has 0 unspecified atom stereocenters. The van der Waals surface area contributed by atoms with E-state index < -0.39 is 0 Å². The van der Waals surface area contributed by atoms with Gasteiger partial charge in [0.25, 0.3) is 0 Å². The van der Waals surface area contributed by atoms with Gasteiger partial charge in [-0.15, -0.1) is 0 Å². The van der Waals surface area contributed by atoms with E-state index in [4.69, 9.17) is 4.42 Å². The Morgan fingerprint density at radius 2 is 0.943 bits per heavy atom. The van der Waals surface area contributed by atoms with Gasteiger partial charge in [-0.05, 0) is 224 Å². The van der Waals surface area contributed by atoms with E-state index in [0.717, 1.165) is 16.7 Å². The van der Waals surface area contributed by atoms with Crippen molar-refractivity contribution in [2.45, 2.75) is 69.2 Å². The molecular formula is C66H55BN2O. The predicted molar refractivity (Wildman–Crippen MR) is 299 cm³/mol. The minimum absolute atomic E-state index is 0.154. The number of furan rings is 1. The van der Waals surface area contributed by atoms with Crippen molar-refractivity contribution in [3.05, 3.63) is 207 Å². The van der Waals surface area contributed by atoms with Crippen LogP contribution in [0.4, 0.5) is 17.1 Å². The smallest absolute Gasteiger partial charge is 0.333 e. The highest BCUT2D eigenvalue weighted by atomic mass is 16.3. The highest BCUT2D eigenvalue weighted by molar-refractivity contribution is 6.90. The lowest BCUT2D eigenvalue weighted by Crippen LogP contribution is -2.56. The van der Waals surface area contributed by atoms with Gasteiger partial charge in [0.15, 0.2) is 0 Å². The molecule has 0 radical (unpaired) electrons. The average Bonchev–Trinajstić information content (AvgIpc) is 3.92. The maximum atomic E-state index is 6.74. The molecule has 0 saturated carbocycles. The van der Waals surface area contributed by atoms with E-state index in [9.17, 15) is 0 Å². The molecule has 4 heterocycles. The number of hydrogen-bond donors (Lipinski definition) is 0. The predicted octanol–water partition coefficient (Wildman–Crippen LogP) is 16.7. The highest BCUT2D eigenvalue weighted by Crippen LogP contribution is 2.51. The molecular weight excluding hydrogens is 848 g/mol. The van der Waals surface area contributed by atoms with Gasteiger partial charge < -0.3 is 13.8 Å². The van der Waals surface area contributed by atoms with Gasteiger partial charge in [0.1, 0.15) is 5.58 Å². The summed E-state index contributed by atoms with van der Waals surface area (Å²) < 4.78 is 9.44. The number of aromatic nitrogens is 1.